The van der Waals surface area contributed by atoms with Gasteiger partial charge in [0.15, 0.2) is 0 Å². The molecular weight excluding hydrogens is 346 g/mol. The molecule has 3 aromatic rings. The van der Waals surface area contributed by atoms with E-state index in [-0.39, 0.29) is 9.79 Å². The zero-order valence-electron chi connectivity index (χ0n) is 13.1. The summed E-state index contributed by atoms with van der Waals surface area (Å²) in [6, 6.07) is 9.64. The summed E-state index contributed by atoms with van der Waals surface area (Å²) in [4.78, 5) is 0.519. The second-order valence-corrected chi connectivity index (χ2v) is 8.39. The van der Waals surface area contributed by atoms with E-state index >= 15 is 0 Å². The molecule has 0 amide bonds. The lowest BCUT2D eigenvalue weighted by molar-refractivity contribution is 0.499. The molecule has 0 unspecified atom stereocenters. The zero-order chi connectivity index (χ0) is 16.9. The molecule has 0 radical (unpaired) electrons. The van der Waals surface area contributed by atoms with E-state index < -0.39 is 9.84 Å². The summed E-state index contributed by atoms with van der Waals surface area (Å²) in [5.41, 5.74) is 2.67. The molecular formula is C18H16ClNO3S. The van der Waals surface area contributed by atoms with Crippen LogP contribution >= 0.6 is 11.6 Å². The molecule has 0 spiro atoms. The van der Waals surface area contributed by atoms with Crippen molar-refractivity contribution in [2.24, 2.45) is 0 Å². The summed E-state index contributed by atoms with van der Waals surface area (Å²) in [5, 5.41) is 4.70. The lowest BCUT2D eigenvalue weighted by Gasteiger charge is -2.11. The fourth-order valence-corrected chi connectivity index (χ4v) is 4.65. The van der Waals surface area contributed by atoms with Crippen LogP contribution in [0.25, 0.3) is 11.0 Å². The van der Waals surface area contributed by atoms with Gasteiger partial charge in [0.2, 0.25) is 9.84 Å². The first-order valence-corrected chi connectivity index (χ1v) is 9.59. The van der Waals surface area contributed by atoms with Crippen LogP contribution in [0.2, 0.25) is 5.02 Å². The molecule has 4 rings (SSSR count). The summed E-state index contributed by atoms with van der Waals surface area (Å²) in [7, 11) is -3.59. The predicted molar refractivity (Wildman–Crippen MR) is 93.3 cm³/mol. The molecule has 2 heterocycles. The van der Waals surface area contributed by atoms with Gasteiger partial charge in [-0.25, -0.2) is 8.42 Å². The number of nitrogens with one attached hydrogen (secondary N) is 1. The number of halogens is 1. The SMILES string of the molecule is Cc1cc(S(=O)(=O)c2ccc(Cl)cc2)cc2c3c(oc12)CCNC3. The Kier molecular flexibility index (Phi) is 3.67. The van der Waals surface area contributed by atoms with Crippen LogP contribution in [0, 0.1) is 6.92 Å². The van der Waals surface area contributed by atoms with Crippen LogP contribution in [0.3, 0.4) is 0 Å². The van der Waals surface area contributed by atoms with Crippen LogP contribution in [0.1, 0.15) is 16.9 Å². The van der Waals surface area contributed by atoms with Crippen LogP contribution < -0.4 is 5.32 Å². The maximum Gasteiger partial charge on any atom is 0.206 e. The molecule has 1 aromatic heterocycles. The van der Waals surface area contributed by atoms with Gasteiger partial charge in [-0.2, -0.15) is 0 Å². The largest absolute Gasteiger partial charge is 0.460 e. The number of fused-ring (bicyclic) bond motifs is 3. The summed E-state index contributed by atoms with van der Waals surface area (Å²) in [5.74, 6) is 0.952. The molecule has 124 valence electrons. The number of hydrogen-bond donors (Lipinski definition) is 1. The Balaban J connectivity index is 1.92. The Hall–Kier alpha value is -1.82. The summed E-state index contributed by atoms with van der Waals surface area (Å²) in [6.07, 6.45) is 0.822. The van der Waals surface area contributed by atoms with E-state index in [1.165, 1.54) is 12.1 Å². The van der Waals surface area contributed by atoms with Crippen LogP contribution in [-0.2, 0) is 22.8 Å². The van der Waals surface area contributed by atoms with E-state index in [0.717, 1.165) is 40.8 Å². The third-order valence-corrected chi connectivity index (χ3v) is 6.40. The Morgan fingerprint density at radius 1 is 1.12 bits per heavy atom. The van der Waals surface area contributed by atoms with Crippen molar-refractivity contribution in [3.63, 3.8) is 0 Å². The van der Waals surface area contributed by atoms with Crippen LogP contribution in [0.4, 0.5) is 0 Å². The smallest absolute Gasteiger partial charge is 0.206 e. The lowest BCUT2D eigenvalue weighted by atomic mass is 10.0. The molecule has 1 aliphatic heterocycles. The van der Waals surface area contributed by atoms with Crippen molar-refractivity contribution in [1.29, 1.82) is 0 Å². The van der Waals surface area contributed by atoms with Gasteiger partial charge in [0.25, 0.3) is 0 Å². The van der Waals surface area contributed by atoms with E-state index in [9.17, 15) is 8.42 Å². The molecule has 0 bridgehead atoms. The van der Waals surface area contributed by atoms with Gasteiger partial charge in [-0.1, -0.05) is 11.6 Å². The number of rotatable bonds is 2. The van der Waals surface area contributed by atoms with Gasteiger partial charge in [-0.05, 0) is 48.9 Å². The van der Waals surface area contributed by atoms with Gasteiger partial charge >= 0.3 is 0 Å². The second kappa shape index (κ2) is 5.62. The van der Waals surface area contributed by atoms with Gasteiger partial charge in [0.05, 0.1) is 9.79 Å². The van der Waals surface area contributed by atoms with E-state index in [2.05, 4.69) is 5.32 Å². The third-order valence-electron chi connectivity index (χ3n) is 4.40. The molecule has 6 heteroatoms. The van der Waals surface area contributed by atoms with Crippen LogP contribution in [-0.4, -0.2) is 15.0 Å². The van der Waals surface area contributed by atoms with Crippen molar-refractivity contribution < 1.29 is 12.8 Å². The predicted octanol–water partition coefficient (Wildman–Crippen LogP) is 3.87. The topological polar surface area (TPSA) is 59.3 Å². The van der Waals surface area contributed by atoms with Crippen LogP contribution in [0.15, 0.2) is 50.6 Å². The van der Waals surface area contributed by atoms with E-state index in [1.54, 1.807) is 24.3 Å². The van der Waals surface area contributed by atoms with E-state index in [4.69, 9.17) is 16.0 Å². The standard InChI is InChI=1S/C18H16ClNO3S/c1-11-8-14(24(21,22)13-4-2-12(19)3-5-13)9-15-16-10-20-7-6-17(16)23-18(11)15/h2-5,8-9,20H,6-7,10H2,1H3. The van der Waals surface area contributed by atoms with Crippen molar-refractivity contribution >= 4 is 32.4 Å². The number of benzene rings is 2. The average molecular weight is 362 g/mol. The van der Waals surface area contributed by atoms with Crippen molar-refractivity contribution in [2.45, 2.75) is 29.7 Å². The summed E-state index contributed by atoms with van der Waals surface area (Å²) >= 11 is 5.86. The van der Waals surface area contributed by atoms with Crippen molar-refractivity contribution in [3.05, 3.63) is 58.3 Å². The monoisotopic (exact) mass is 361 g/mol. The van der Waals surface area contributed by atoms with Gasteiger partial charge in [0.1, 0.15) is 11.3 Å². The molecule has 1 N–H and O–H groups in total. The maximum atomic E-state index is 12.9. The minimum absolute atomic E-state index is 0.237. The number of aryl methyl sites for hydroxylation is 1. The molecule has 0 aliphatic carbocycles. The fraction of sp³-hybridized carbons (Fsp3) is 0.222. The first-order valence-electron chi connectivity index (χ1n) is 7.73. The summed E-state index contributed by atoms with van der Waals surface area (Å²) < 4.78 is 31.8. The Labute approximate surface area is 145 Å². The zero-order valence-corrected chi connectivity index (χ0v) is 14.7. The fourth-order valence-electron chi connectivity index (χ4n) is 3.15. The Morgan fingerprint density at radius 2 is 1.88 bits per heavy atom. The Morgan fingerprint density at radius 3 is 2.62 bits per heavy atom. The molecule has 24 heavy (non-hydrogen) atoms. The van der Waals surface area contributed by atoms with Crippen LogP contribution in [0.5, 0.6) is 0 Å². The number of hydrogen-bond acceptors (Lipinski definition) is 4. The number of sulfone groups is 1. The lowest BCUT2D eigenvalue weighted by Crippen LogP contribution is -2.22. The molecule has 2 aromatic carbocycles. The van der Waals surface area contributed by atoms with E-state index in [1.807, 2.05) is 6.92 Å². The van der Waals surface area contributed by atoms with Crippen molar-refractivity contribution in [1.82, 2.24) is 5.32 Å². The van der Waals surface area contributed by atoms with Gasteiger partial charge in [0, 0.05) is 35.5 Å². The average Bonchev–Trinajstić information content (AvgIpc) is 2.95. The highest BCUT2D eigenvalue weighted by Gasteiger charge is 2.23. The second-order valence-electron chi connectivity index (χ2n) is 6.00. The highest BCUT2D eigenvalue weighted by Crippen LogP contribution is 2.34. The highest BCUT2D eigenvalue weighted by atomic mass is 35.5. The Bertz CT molecular complexity index is 1040. The van der Waals surface area contributed by atoms with Gasteiger partial charge < -0.3 is 9.73 Å². The van der Waals surface area contributed by atoms with Gasteiger partial charge in [-0.3, -0.25) is 0 Å². The van der Waals surface area contributed by atoms with E-state index in [0.29, 0.717) is 11.6 Å². The maximum absolute atomic E-state index is 12.9. The highest BCUT2D eigenvalue weighted by molar-refractivity contribution is 7.91. The minimum atomic E-state index is -3.59. The first-order chi connectivity index (χ1) is 11.5. The minimum Gasteiger partial charge on any atom is -0.460 e. The third kappa shape index (κ3) is 2.44. The molecule has 1 aliphatic rings. The molecule has 0 atom stereocenters. The quantitative estimate of drug-likeness (QED) is 0.752. The first kappa shape index (κ1) is 15.7. The molecule has 0 fully saturated rings. The molecule has 0 saturated carbocycles. The van der Waals surface area contributed by atoms with Gasteiger partial charge in [-0.15, -0.1) is 0 Å². The molecule has 0 saturated heterocycles. The van der Waals surface area contributed by atoms with Crippen molar-refractivity contribution in [2.75, 3.05) is 6.54 Å². The normalized spacial score (nSPS) is 14.8. The van der Waals surface area contributed by atoms with Crippen molar-refractivity contribution in [3.8, 4) is 0 Å². The molecule has 4 nitrogen and oxygen atoms in total. The number of furan rings is 1. The summed E-state index contributed by atoms with van der Waals surface area (Å²) in [6.45, 7) is 3.46.